The number of thiophene rings is 1. The second-order valence-corrected chi connectivity index (χ2v) is 9.44. The quantitative estimate of drug-likeness (QED) is 0.379. The van der Waals surface area contributed by atoms with Crippen LogP contribution in [0.2, 0.25) is 0 Å². The summed E-state index contributed by atoms with van der Waals surface area (Å²) in [5, 5.41) is 1.88. The maximum absolute atomic E-state index is 13.5. The van der Waals surface area contributed by atoms with Gasteiger partial charge in [0.1, 0.15) is 5.69 Å². The molecule has 1 aliphatic carbocycles. The van der Waals surface area contributed by atoms with E-state index in [9.17, 15) is 14.4 Å². The second kappa shape index (κ2) is 10.9. The van der Waals surface area contributed by atoms with Crippen LogP contribution >= 0.6 is 11.3 Å². The van der Waals surface area contributed by atoms with Crippen molar-refractivity contribution in [2.75, 3.05) is 19.7 Å². The van der Waals surface area contributed by atoms with Gasteiger partial charge in [-0.25, -0.2) is 4.79 Å². The van der Waals surface area contributed by atoms with Crippen LogP contribution in [-0.2, 0) is 11.3 Å². The normalized spacial score (nSPS) is 14.4. The second-order valence-electron chi connectivity index (χ2n) is 8.49. The number of ketones is 1. The first-order valence-corrected chi connectivity index (χ1v) is 12.5. The summed E-state index contributed by atoms with van der Waals surface area (Å²) in [4.78, 5) is 41.7. The number of carbonyl (C=O) groups excluding carboxylic acids is 3. The third-order valence-corrected chi connectivity index (χ3v) is 7.25. The van der Waals surface area contributed by atoms with E-state index in [1.54, 1.807) is 18.7 Å². The zero-order valence-corrected chi connectivity index (χ0v) is 20.4. The molecule has 0 atom stereocenters. The molecule has 6 nitrogen and oxygen atoms in total. The molecule has 1 amide bonds. The number of hydrogen-bond donors (Lipinski definition) is 0. The molecule has 174 valence electrons. The lowest BCUT2D eigenvalue weighted by Crippen LogP contribution is -2.39. The number of Topliss-reactive ketones (excluding diaryl/α,β-unsaturated/α-hetero) is 1. The molecule has 2 aromatic heterocycles. The Morgan fingerprint density at radius 3 is 2.47 bits per heavy atom. The third-order valence-electron chi connectivity index (χ3n) is 6.39. The fourth-order valence-corrected chi connectivity index (χ4v) is 5.56. The molecule has 1 fully saturated rings. The minimum Gasteiger partial charge on any atom is -0.461 e. The van der Waals surface area contributed by atoms with Crippen LogP contribution in [0, 0.1) is 19.8 Å². The monoisotopic (exact) mass is 458 g/mol. The number of ether oxygens (including phenoxy) is 1. The molecule has 0 N–H and O–H groups in total. The van der Waals surface area contributed by atoms with Gasteiger partial charge in [-0.1, -0.05) is 25.3 Å². The molecule has 1 aliphatic rings. The van der Waals surface area contributed by atoms with Crippen molar-refractivity contribution in [3.8, 4) is 0 Å². The van der Waals surface area contributed by atoms with Gasteiger partial charge in [-0.05, 0) is 63.5 Å². The summed E-state index contributed by atoms with van der Waals surface area (Å²) in [6, 6.07) is 3.67. The van der Waals surface area contributed by atoms with Gasteiger partial charge in [0.2, 0.25) is 0 Å². The van der Waals surface area contributed by atoms with E-state index in [0.29, 0.717) is 40.7 Å². The number of aromatic nitrogens is 1. The van der Waals surface area contributed by atoms with E-state index in [1.807, 2.05) is 35.9 Å². The highest BCUT2D eigenvalue weighted by atomic mass is 32.1. The van der Waals surface area contributed by atoms with Crippen LogP contribution in [0.5, 0.6) is 0 Å². The lowest BCUT2D eigenvalue weighted by atomic mass is 9.88. The maximum atomic E-state index is 13.5. The average Bonchev–Trinajstić information content (AvgIpc) is 3.39. The molecule has 1 saturated carbocycles. The molecule has 2 aromatic rings. The molecule has 0 radical (unpaired) electrons. The Kier molecular flexibility index (Phi) is 8.29. The summed E-state index contributed by atoms with van der Waals surface area (Å²) in [5.41, 5.74) is 2.34. The van der Waals surface area contributed by atoms with Gasteiger partial charge < -0.3 is 14.2 Å². The summed E-state index contributed by atoms with van der Waals surface area (Å²) < 4.78 is 7.07. The molecule has 32 heavy (non-hydrogen) atoms. The summed E-state index contributed by atoms with van der Waals surface area (Å²) in [6.45, 7) is 8.83. The molecule has 7 heteroatoms. The molecule has 0 saturated heterocycles. The Morgan fingerprint density at radius 1 is 1.16 bits per heavy atom. The van der Waals surface area contributed by atoms with Gasteiger partial charge in [0.15, 0.2) is 5.78 Å². The van der Waals surface area contributed by atoms with Crippen molar-refractivity contribution >= 4 is 29.0 Å². The van der Waals surface area contributed by atoms with E-state index >= 15 is 0 Å². The minimum atomic E-state index is -0.414. The van der Waals surface area contributed by atoms with Crippen LogP contribution in [0.25, 0.3) is 0 Å². The lowest BCUT2D eigenvalue weighted by Gasteiger charge is -2.29. The summed E-state index contributed by atoms with van der Waals surface area (Å²) in [6.07, 6.45) is 5.80. The van der Waals surface area contributed by atoms with Crippen molar-refractivity contribution in [2.24, 2.45) is 5.92 Å². The molecule has 0 spiro atoms. The van der Waals surface area contributed by atoms with Crippen molar-refractivity contribution in [3.05, 3.63) is 44.9 Å². The van der Waals surface area contributed by atoms with E-state index < -0.39 is 5.97 Å². The molecule has 3 rings (SSSR count). The Morgan fingerprint density at radius 2 is 1.88 bits per heavy atom. The highest BCUT2D eigenvalue weighted by Crippen LogP contribution is 2.27. The van der Waals surface area contributed by atoms with Crippen LogP contribution < -0.4 is 0 Å². The summed E-state index contributed by atoms with van der Waals surface area (Å²) in [7, 11) is 0. The van der Waals surface area contributed by atoms with Crippen LogP contribution in [0.3, 0.4) is 0 Å². The molecular formula is C25H34N2O4S. The standard InChI is InChI=1S/C25H34N2O4S/c1-5-27-18(4)22(17(3)23(27)25(30)31-6-2)20(28)16-26(15-19-11-8-7-9-12-19)24(29)21-13-10-14-32-21/h10,13-14,19H,5-9,11-12,15-16H2,1-4H3. The summed E-state index contributed by atoms with van der Waals surface area (Å²) >= 11 is 1.40. The van der Waals surface area contributed by atoms with Crippen molar-refractivity contribution in [2.45, 2.75) is 66.3 Å². The topological polar surface area (TPSA) is 68.6 Å². The first kappa shape index (κ1) is 24.2. The van der Waals surface area contributed by atoms with Crippen molar-refractivity contribution < 1.29 is 19.1 Å². The van der Waals surface area contributed by atoms with Gasteiger partial charge >= 0.3 is 5.97 Å². The van der Waals surface area contributed by atoms with Gasteiger partial charge in [-0.15, -0.1) is 11.3 Å². The number of nitrogens with zero attached hydrogens (tertiary/aromatic N) is 2. The summed E-state index contributed by atoms with van der Waals surface area (Å²) in [5.74, 6) is -0.200. The zero-order chi connectivity index (χ0) is 23.3. The molecule has 0 aliphatic heterocycles. The minimum absolute atomic E-state index is 0.0188. The Hall–Kier alpha value is -2.41. The third kappa shape index (κ3) is 5.14. The van der Waals surface area contributed by atoms with Gasteiger partial charge in [0.25, 0.3) is 5.91 Å². The predicted octanol–water partition coefficient (Wildman–Crippen LogP) is 5.27. The van der Waals surface area contributed by atoms with Crippen LogP contribution in [0.4, 0.5) is 0 Å². The number of amides is 1. The predicted molar refractivity (Wildman–Crippen MR) is 127 cm³/mol. The SMILES string of the molecule is CCOC(=O)c1c(C)c(C(=O)CN(CC2CCCCC2)C(=O)c2cccs2)c(C)n1CC. The Balaban J connectivity index is 1.90. The maximum Gasteiger partial charge on any atom is 0.355 e. The first-order chi connectivity index (χ1) is 15.4. The first-order valence-electron chi connectivity index (χ1n) is 11.6. The lowest BCUT2D eigenvalue weighted by molar-refractivity contribution is 0.0512. The van der Waals surface area contributed by atoms with Crippen molar-refractivity contribution in [1.82, 2.24) is 9.47 Å². The van der Waals surface area contributed by atoms with Crippen molar-refractivity contribution in [3.63, 3.8) is 0 Å². The van der Waals surface area contributed by atoms with E-state index in [-0.39, 0.29) is 24.8 Å². The Labute approximate surface area is 194 Å². The van der Waals surface area contributed by atoms with Crippen molar-refractivity contribution in [1.29, 1.82) is 0 Å². The largest absolute Gasteiger partial charge is 0.461 e. The van der Waals surface area contributed by atoms with E-state index in [1.165, 1.54) is 30.6 Å². The zero-order valence-electron chi connectivity index (χ0n) is 19.6. The van der Waals surface area contributed by atoms with E-state index in [0.717, 1.165) is 18.5 Å². The fourth-order valence-electron chi connectivity index (χ4n) is 4.87. The van der Waals surface area contributed by atoms with Crippen LogP contribution in [-0.4, -0.2) is 46.8 Å². The molecule has 0 bridgehead atoms. The van der Waals surface area contributed by atoms with E-state index in [2.05, 4.69) is 0 Å². The number of rotatable bonds is 9. The smallest absolute Gasteiger partial charge is 0.355 e. The molecule has 2 heterocycles. The van der Waals surface area contributed by atoms with Gasteiger partial charge in [-0.2, -0.15) is 0 Å². The van der Waals surface area contributed by atoms with Crippen LogP contribution in [0.15, 0.2) is 17.5 Å². The van der Waals surface area contributed by atoms with Gasteiger partial charge in [0.05, 0.1) is 18.0 Å². The number of hydrogen-bond acceptors (Lipinski definition) is 5. The highest BCUT2D eigenvalue weighted by molar-refractivity contribution is 7.12. The van der Waals surface area contributed by atoms with E-state index in [4.69, 9.17) is 4.74 Å². The fraction of sp³-hybridized carbons (Fsp3) is 0.560. The van der Waals surface area contributed by atoms with Gasteiger partial charge in [-0.3, -0.25) is 9.59 Å². The molecular weight excluding hydrogens is 424 g/mol. The average molecular weight is 459 g/mol. The number of carbonyl (C=O) groups is 3. The Bertz CT molecular complexity index is 955. The van der Waals surface area contributed by atoms with Crippen LogP contribution in [0.1, 0.15) is 87.7 Å². The molecule has 0 unspecified atom stereocenters. The molecule has 0 aromatic carbocycles. The number of esters is 1. The highest BCUT2D eigenvalue weighted by Gasteiger charge is 2.30. The van der Waals surface area contributed by atoms with Gasteiger partial charge in [0, 0.05) is 24.3 Å².